The van der Waals surface area contributed by atoms with Crippen LogP contribution in [0.4, 0.5) is 0 Å². The van der Waals surface area contributed by atoms with Crippen molar-refractivity contribution in [2.75, 3.05) is 39.6 Å². The number of aliphatic hydroxyl groups excluding tert-OH is 1. The molecule has 19 heteroatoms. The van der Waals surface area contributed by atoms with E-state index in [-0.39, 0.29) is 25.7 Å². The topological polar surface area (TPSA) is 237 Å². The van der Waals surface area contributed by atoms with Gasteiger partial charge in [0.15, 0.2) is 12.2 Å². The first-order valence-electron chi connectivity index (χ1n) is 30.0. The normalized spacial score (nSPS) is 14.9. The first kappa shape index (κ1) is 74.1. The second-order valence-corrected chi connectivity index (χ2v) is 24.3. The van der Waals surface area contributed by atoms with Gasteiger partial charge in [-0.05, 0) is 37.5 Å². The molecule has 0 aliphatic heterocycles. The van der Waals surface area contributed by atoms with E-state index >= 15 is 0 Å². The van der Waals surface area contributed by atoms with E-state index in [1.165, 1.54) is 77.0 Å². The number of hydrogen-bond donors (Lipinski definition) is 3. The van der Waals surface area contributed by atoms with Crippen molar-refractivity contribution in [3.8, 4) is 0 Å². The number of phosphoric ester groups is 2. The maximum atomic E-state index is 12.9. The molecular weight excluding hydrogens is 1020 g/mol. The van der Waals surface area contributed by atoms with Crippen molar-refractivity contribution < 1.29 is 80.2 Å². The Morgan fingerprint density at radius 3 is 1.00 bits per heavy atom. The van der Waals surface area contributed by atoms with Crippen LogP contribution in [-0.4, -0.2) is 96.7 Å². The molecule has 0 aromatic heterocycles. The zero-order chi connectivity index (χ0) is 56.6. The summed E-state index contributed by atoms with van der Waals surface area (Å²) in [4.78, 5) is 71.6. The van der Waals surface area contributed by atoms with Crippen LogP contribution >= 0.6 is 15.6 Å². The summed E-state index contributed by atoms with van der Waals surface area (Å²) in [7, 11) is -9.86. The number of carbonyl (C=O) groups excluding carboxylic acids is 4. The van der Waals surface area contributed by atoms with Crippen LogP contribution in [0.1, 0.15) is 273 Å². The zero-order valence-electron chi connectivity index (χ0n) is 48.5. The minimum Gasteiger partial charge on any atom is -0.462 e. The predicted molar refractivity (Wildman–Crippen MR) is 298 cm³/mol. The van der Waals surface area contributed by atoms with E-state index in [1.54, 1.807) is 0 Å². The second kappa shape index (κ2) is 50.1. The van der Waals surface area contributed by atoms with Crippen molar-refractivity contribution in [2.45, 2.75) is 291 Å². The number of aliphatic hydroxyl groups is 1. The van der Waals surface area contributed by atoms with E-state index in [2.05, 4.69) is 41.5 Å². The number of ether oxygens (including phenoxy) is 4. The van der Waals surface area contributed by atoms with Gasteiger partial charge in [0.05, 0.1) is 26.4 Å². The Bertz CT molecular complexity index is 1520. The smallest absolute Gasteiger partial charge is 0.462 e. The Hall–Kier alpha value is -1.94. The zero-order valence-corrected chi connectivity index (χ0v) is 50.3. The molecule has 0 radical (unpaired) electrons. The molecule has 0 saturated heterocycles. The molecule has 0 aromatic rings. The van der Waals surface area contributed by atoms with Crippen molar-refractivity contribution in [3.63, 3.8) is 0 Å². The first-order valence-corrected chi connectivity index (χ1v) is 33.0. The maximum absolute atomic E-state index is 12.9. The van der Waals surface area contributed by atoms with Gasteiger partial charge in [-0.1, -0.05) is 221 Å². The lowest BCUT2D eigenvalue weighted by Crippen LogP contribution is -2.30. The minimum atomic E-state index is -4.94. The second-order valence-electron chi connectivity index (χ2n) is 21.4. The highest BCUT2D eigenvalue weighted by molar-refractivity contribution is 7.47. The van der Waals surface area contributed by atoms with Crippen molar-refractivity contribution in [2.24, 2.45) is 11.8 Å². The average molecular weight is 1130 g/mol. The van der Waals surface area contributed by atoms with Gasteiger partial charge in [-0.15, -0.1) is 0 Å². The van der Waals surface area contributed by atoms with Gasteiger partial charge in [0, 0.05) is 25.7 Å². The molecule has 3 unspecified atom stereocenters. The molecule has 0 aliphatic rings. The molecule has 0 amide bonds. The molecule has 0 bridgehead atoms. The molecule has 6 atom stereocenters. The first-order chi connectivity index (χ1) is 36.4. The minimum absolute atomic E-state index is 0.104. The molecule has 0 saturated carbocycles. The van der Waals surface area contributed by atoms with Gasteiger partial charge in [-0.25, -0.2) is 9.13 Å². The fourth-order valence-corrected chi connectivity index (χ4v) is 9.84. The number of unbranched alkanes of at least 4 members (excludes halogenated alkanes) is 25. The van der Waals surface area contributed by atoms with Crippen LogP contribution in [0.5, 0.6) is 0 Å². The van der Waals surface area contributed by atoms with Crippen LogP contribution in [0.3, 0.4) is 0 Å². The fraction of sp³-hybridized carbons (Fsp3) is 0.930. The molecule has 0 spiro atoms. The summed E-state index contributed by atoms with van der Waals surface area (Å²) in [5.74, 6) is -0.690. The van der Waals surface area contributed by atoms with E-state index in [1.807, 2.05) is 0 Å². The van der Waals surface area contributed by atoms with Crippen LogP contribution in [0, 0.1) is 11.8 Å². The van der Waals surface area contributed by atoms with Gasteiger partial charge in [0.2, 0.25) is 0 Å². The van der Waals surface area contributed by atoms with E-state index in [4.69, 9.17) is 37.0 Å². The van der Waals surface area contributed by atoms with Crippen LogP contribution in [0.15, 0.2) is 0 Å². The lowest BCUT2D eigenvalue weighted by Gasteiger charge is -2.21. The fourth-order valence-electron chi connectivity index (χ4n) is 8.26. The number of rotatable bonds is 56. The highest BCUT2D eigenvalue weighted by Crippen LogP contribution is 2.45. The maximum Gasteiger partial charge on any atom is 0.472 e. The Morgan fingerprint density at radius 1 is 0.382 bits per heavy atom. The van der Waals surface area contributed by atoms with E-state index in [0.717, 1.165) is 115 Å². The summed E-state index contributed by atoms with van der Waals surface area (Å²) in [5.41, 5.74) is 0. The van der Waals surface area contributed by atoms with Crippen LogP contribution in [-0.2, 0) is 65.4 Å². The molecule has 0 heterocycles. The van der Waals surface area contributed by atoms with Gasteiger partial charge in [-0.3, -0.25) is 37.3 Å². The predicted octanol–water partition coefficient (Wildman–Crippen LogP) is 14.9. The Labute approximate surface area is 460 Å². The van der Waals surface area contributed by atoms with Crippen molar-refractivity contribution >= 4 is 39.5 Å². The van der Waals surface area contributed by atoms with Gasteiger partial charge >= 0.3 is 39.5 Å². The molecule has 3 N–H and O–H groups in total. The highest BCUT2D eigenvalue weighted by atomic mass is 31.2. The molecular formula is C57H110O17P2. The Morgan fingerprint density at radius 2 is 0.671 bits per heavy atom. The third-order valence-corrected chi connectivity index (χ3v) is 15.2. The molecule has 0 rings (SSSR count). The molecule has 0 fully saturated rings. The summed E-state index contributed by atoms with van der Waals surface area (Å²) in [5, 5.41) is 10.5. The molecule has 450 valence electrons. The molecule has 76 heavy (non-hydrogen) atoms. The summed E-state index contributed by atoms with van der Waals surface area (Å²) in [6, 6.07) is 0. The lowest BCUT2D eigenvalue weighted by molar-refractivity contribution is -0.161. The van der Waals surface area contributed by atoms with Gasteiger partial charge in [-0.2, -0.15) is 0 Å². The summed E-state index contributed by atoms with van der Waals surface area (Å²) in [6.45, 7) is 9.27. The van der Waals surface area contributed by atoms with E-state index in [9.17, 15) is 43.2 Å². The lowest BCUT2D eigenvalue weighted by atomic mass is 10.00. The van der Waals surface area contributed by atoms with Crippen LogP contribution in [0.2, 0.25) is 0 Å². The van der Waals surface area contributed by atoms with Gasteiger partial charge in [0.1, 0.15) is 19.3 Å². The number of esters is 4. The van der Waals surface area contributed by atoms with Crippen molar-refractivity contribution in [3.05, 3.63) is 0 Å². The van der Waals surface area contributed by atoms with Crippen molar-refractivity contribution in [1.29, 1.82) is 0 Å². The monoisotopic (exact) mass is 1130 g/mol. The third kappa shape index (κ3) is 50.3. The largest absolute Gasteiger partial charge is 0.472 e. The SMILES string of the molecule is CCCCCCCCCCCC(=O)O[C@H](COC(=O)CCCCCCC)COP(=O)(O)OC[C@H](O)COP(=O)(O)OC[C@@H](COC(=O)CCCCCCCCC(C)CC)OC(=O)CCCCCCCCCCCC(C)C. The average Bonchev–Trinajstić information content (AvgIpc) is 3.38. The Kier molecular flexibility index (Phi) is 48.8. The number of hydrogen-bond acceptors (Lipinski definition) is 15. The number of carbonyl (C=O) groups is 4. The highest BCUT2D eigenvalue weighted by Gasteiger charge is 2.30. The molecule has 17 nitrogen and oxygen atoms in total. The van der Waals surface area contributed by atoms with Crippen LogP contribution in [0.25, 0.3) is 0 Å². The van der Waals surface area contributed by atoms with Gasteiger partial charge < -0.3 is 33.8 Å². The number of phosphoric acid groups is 2. The summed E-state index contributed by atoms with van der Waals surface area (Å²) in [6.07, 6.45) is 29.7. The molecule has 0 aromatic carbocycles. The summed E-state index contributed by atoms with van der Waals surface area (Å²) < 4.78 is 67.5. The van der Waals surface area contributed by atoms with Crippen molar-refractivity contribution in [1.82, 2.24) is 0 Å². The Balaban J connectivity index is 5.20. The third-order valence-electron chi connectivity index (χ3n) is 13.3. The quantitative estimate of drug-likeness (QED) is 0.0222. The standard InChI is InChI=1S/C57H110O17P2/c1-7-10-12-14-15-17-21-29-35-41-56(61)73-52(45-67-54(59)39-33-25-13-11-8-2)47-71-75(63,64)69-43-51(58)44-70-76(65,66)72-48-53(46-68-55(60)40-34-28-24-23-27-32-38-50(6)9-3)74-57(62)42-36-30-22-19-16-18-20-26-31-37-49(4)5/h49-53,58H,7-48H2,1-6H3,(H,63,64)(H,65,66)/t50?,51-,52+,53+/m0/s1. The molecule has 0 aliphatic carbocycles. The summed E-state index contributed by atoms with van der Waals surface area (Å²) >= 11 is 0. The van der Waals surface area contributed by atoms with Gasteiger partial charge in [0.25, 0.3) is 0 Å². The van der Waals surface area contributed by atoms with E-state index < -0.39 is 97.5 Å². The van der Waals surface area contributed by atoms with E-state index in [0.29, 0.717) is 25.7 Å². The van der Waals surface area contributed by atoms with Crippen LogP contribution < -0.4 is 0 Å².